The van der Waals surface area contributed by atoms with E-state index in [0.29, 0.717) is 49.3 Å². The second-order valence-corrected chi connectivity index (χ2v) is 14.6. The van der Waals surface area contributed by atoms with Gasteiger partial charge in [-0.05, 0) is 105 Å². The number of nitrogens with one attached hydrogen (secondary N) is 2. The van der Waals surface area contributed by atoms with Gasteiger partial charge < -0.3 is 19.7 Å². The Balaban J connectivity index is 1.59. The third-order valence-electron chi connectivity index (χ3n) is 9.12. The van der Waals surface area contributed by atoms with E-state index in [9.17, 15) is 13.8 Å². The number of carbonyl (C=O) groups is 2. The summed E-state index contributed by atoms with van der Waals surface area (Å²) in [6.07, 6.45) is 8.34. The van der Waals surface area contributed by atoms with E-state index in [0.717, 1.165) is 68.6 Å². The smallest absolute Gasteiger partial charge is 0.327 e. The van der Waals surface area contributed by atoms with Gasteiger partial charge in [0.15, 0.2) is 0 Å². The molecule has 0 saturated heterocycles. The van der Waals surface area contributed by atoms with Crippen LogP contribution in [0.2, 0.25) is 5.02 Å². The summed E-state index contributed by atoms with van der Waals surface area (Å²) in [5, 5.41) is 3.33. The molecule has 0 aromatic heterocycles. The molecule has 44 heavy (non-hydrogen) atoms. The normalized spacial score (nSPS) is 26.4. The Morgan fingerprint density at radius 2 is 1.95 bits per heavy atom. The largest absolute Gasteiger partial charge is 0.491 e. The van der Waals surface area contributed by atoms with Crippen LogP contribution in [0.25, 0.3) is 0 Å². The summed E-state index contributed by atoms with van der Waals surface area (Å²) in [5.74, 6) is 1.05. The molecular formula is C33H45ClN4O5S. The lowest BCUT2D eigenvalue weighted by Crippen LogP contribution is -2.44. The molecule has 240 valence electrons. The number of nitrogens with zero attached hydrogens (tertiary/aromatic N) is 2. The number of carbonyl (C=O) groups excluding carboxylic acids is 2. The van der Waals surface area contributed by atoms with Crippen LogP contribution in [0, 0.1) is 11.8 Å². The molecule has 2 aromatic carbocycles. The van der Waals surface area contributed by atoms with Crippen LogP contribution in [-0.4, -0.2) is 54.8 Å². The van der Waals surface area contributed by atoms with Crippen LogP contribution < -0.4 is 19.7 Å². The number of urea groups is 1. The Hall–Kier alpha value is -2.82. The van der Waals surface area contributed by atoms with Gasteiger partial charge in [-0.25, -0.2) is 9.00 Å². The van der Waals surface area contributed by atoms with Crippen molar-refractivity contribution in [2.45, 2.75) is 77.4 Å². The fourth-order valence-electron chi connectivity index (χ4n) is 6.62. The van der Waals surface area contributed by atoms with Crippen molar-refractivity contribution in [3.63, 3.8) is 0 Å². The van der Waals surface area contributed by atoms with E-state index in [1.54, 1.807) is 20.1 Å². The molecule has 3 aliphatic rings. The summed E-state index contributed by atoms with van der Waals surface area (Å²) in [6, 6.07) is 10.8. The van der Waals surface area contributed by atoms with Gasteiger partial charge in [0, 0.05) is 37.3 Å². The monoisotopic (exact) mass is 644 g/mol. The highest BCUT2D eigenvalue weighted by Gasteiger charge is 2.38. The molecule has 3 amide bonds. The van der Waals surface area contributed by atoms with Gasteiger partial charge in [0.2, 0.25) is 0 Å². The molecule has 2 heterocycles. The number of rotatable bonds is 3. The molecule has 2 aliphatic heterocycles. The minimum Gasteiger partial charge on any atom is -0.491 e. The van der Waals surface area contributed by atoms with E-state index in [-0.39, 0.29) is 11.9 Å². The maximum Gasteiger partial charge on any atom is 0.327 e. The molecule has 0 spiro atoms. The second kappa shape index (κ2) is 15.0. The van der Waals surface area contributed by atoms with Crippen molar-refractivity contribution in [3.8, 4) is 5.75 Å². The number of amides is 3. The molecule has 1 aliphatic carbocycles. The fourth-order valence-corrected chi connectivity index (χ4v) is 8.39. The summed E-state index contributed by atoms with van der Waals surface area (Å²) >= 11 is 6.43. The number of hydrogen-bond donors (Lipinski definition) is 2. The standard InChI is InChI=1S/C33H45ClN4O5S/c1-3-35-33(40)37-44(41)18-8-4-5-10-30(42-2)28-15-12-26(28)22-38-21-25-11-14-27(34)19-23(25)9-6-7-17-43-31-16-13-24(20-29(31)38)32(39)36-44/h11,13-14,16,19-20,26,28,30H,3-10,12,15,17-18,21-22H2,1-2H3,(H2,35,36,37,39,40,41)/t26-,28+,30-,44?/m0/s1. The minimum absolute atomic E-state index is 0.0963. The zero-order valence-electron chi connectivity index (χ0n) is 25.8. The quantitative estimate of drug-likeness (QED) is 0.394. The van der Waals surface area contributed by atoms with Gasteiger partial charge in [-0.3, -0.25) is 9.52 Å². The van der Waals surface area contributed by atoms with E-state index < -0.39 is 21.9 Å². The van der Waals surface area contributed by atoms with Gasteiger partial charge in [0.1, 0.15) is 15.7 Å². The molecule has 11 heteroatoms. The number of halogens is 1. The number of benzene rings is 2. The number of ether oxygens (including phenoxy) is 2. The summed E-state index contributed by atoms with van der Waals surface area (Å²) in [6.45, 7) is 4.11. The highest BCUT2D eigenvalue weighted by Crippen LogP contribution is 2.42. The Bertz CT molecular complexity index is 1460. The van der Waals surface area contributed by atoms with Crippen molar-refractivity contribution in [1.29, 1.82) is 0 Å². The Morgan fingerprint density at radius 1 is 1.09 bits per heavy atom. The summed E-state index contributed by atoms with van der Waals surface area (Å²) in [5.41, 5.74) is 3.54. The summed E-state index contributed by atoms with van der Waals surface area (Å²) < 4.78 is 32.9. The van der Waals surface area contributed by atoms with E-state index in [1.165, 1.54) is 11.1 Å². The van der Waals surface area contributed by atoms with Crippen LogP contribution in [0.1, 0.15) is 79.8 Å². The molecule has 9 nitrogen and oxygen atoms in total. The highest BCUT2D eigenvalue weighted by molar-refractivity contribution is 7.92. The number of methoxy groups -OCH3 is 1. The second-order valence-electron chi connectivity index (χ2n) is 12.1. The maximum absolute atomic E-state index is 13.9. The van der Waals surface area contributed by atoms with Crippen molar-refractivity contribution in [2.24, 2.45) is 16.2 Å². The predicted molar refractivity (Wildman–Crippen MR) is 175 cm³/mol. The number of anilines is 1. The number of fused-ring (bicyclic) bond motifs is 3. The highest BCUT2D eigenvalue weighted by atomic mass is 35.5. The maximum atomic E-state index is 13.9. The Kier molecular flexibility index (Phi) is 11.1. The molecule has 1 fully saturated rings. The van der Waals surface area contributed by atoms with Gasteiger partial charge in [0.25, 0.3) is 5.91 Å². The van der Waals surface area contributed by atoms with Crippen molar-refractivity contribution in [3.05, 3.63) is 58.1 Å². The molecule has 4 atom stereocenters. The molecule has 2 N–H and O–H groups in total. The fraction of sp³-hybridized carbons (Fsp3) is 0.576. The van der Waals surface area contributed by atoms with Crippen LogP contribution >= 0.6 is 11.6 Å². The van der Waals surface area contributed by atoms with Crippen LogP contribution in [0.4, 0.5) is 10.5 Å². The van der Waals surface area contributed by atoms with Gasteiger partial charge >= 0.3 is 6.03 Å². The molecule has 1 saturated carbocycles. The molecule has 2 aromatic rings. The molecule has 2 bridgehead atoms. The topological polar surface area (TPSA) is 109 Å². The van der Waals surface area contributed by atoms with Gasteiger partial charge in [-0.2, -0.15) is 0 Å². The zero-order chi connectivity index (χ0) is 31.1. The summed E-state index contributed by atoms with van der Waals surface area (Å²) in [7, 11) is -1.55. The van der Waals surface area contributed by atoms with Crippen LogP contribution in [0.3, 0.4) is 0 Å². The van der Waals surface area contributed by atoms with Gasteiger partial charge in [-0.1, -0.05) is 30.5 Å². The van der Waals surface area contributed by atoms with Crippen molar-refractivity contribution in [2.75, 3.05) is 37.5 Å². The first-order chi connectivity index (χ1) is 21.3. The molecule has 0 radical (unpaired) electrons. The third kappa shape index (κ3) is 8.06. The van der Waals surface area contributed by atoms with Gasteiger partial charge in [-0.15, -0.1) is 4.36 Å². The van der Waals surface area contributed by atoms with E-state index in [4.69, 9.17) is 21.1 Å². The van der Waals surface area contributed by atoms with Crippen molar-refractivity contribution >= 4 is 39.1 Å². The third-order valence-corrected chi connectivity index (χ3v) is 11.2. The van der Waals surface area contributed by atoms with Crippen LogP contribution in [0.5, 0.6) is 5.75 Å². The molecule has 1 unspecified atom stereocenters. The van der Waals surface area contributed by atoms with Crippen LogP contribution in [0.15, 0.2) is 40.8 Å². The van der Waals surface area contributed by atoms with Crippen molar-refractivity contribution in [1.82, 2.24) is 10.0 Å². The first kappa shape index (κ1) is 32.6. The van der Waals surface area contributed by atoms with E-state index >= 15 is 0 Å². The SMILES string of the molecule is CCNC(=O)NS1(=O)=NC(=O)c2ccc3c(c2)N(Cc2ccc(Cl)cc2CCCCO3)C[C@@H]2CC[C@H]2[C@@H](OC)CCCCC1. The van der Waals surface area contributed by atoms with Gasteiger partial charge in [0.05, 0.1) is 24.2 Å². The first-order valence-electron chi connectivity index (χ1n) is 15.9. The Morgan fingerprint density at radius 3 is 2.73 bits per heavy atom. The predicted octanol–water partition coefficient (Wildman–Crippen LogP) is 6.52. The lowest BCUT2D eigenvalue weighted by atomic mass is 9.69. The minimum atomic E-state index is -3.35. The van der Waals surface area contributed by atoms with E-state index in [1.807, 2.05) is 18.2 Å². The molecular weight excluding hydrogens is 600 g/mol. The first-order valence-corrected chi connectivity index (χ1v) is 18.0. The average Bonchev–Trinajstić information content (AvgIpc) is 3.00. The zero-order valence-corrected chi connectivity index (χ0v) is 27.4. The Labute approximate surface area is 266 Å². The van der Waals surface area contributed by atoms with Crippen LogP contribution in [-0.2, 0) is 27.6 Å². The van der Waals surface area contributed by atoms with E-state index in [2.05, 4.69) is 31.4 Å². The average molecular weight is 645 g/mol. The van der Waals surface area contributed by atoms with Crippen molar-refractivity contribution < 1.29 is 23.3 Å². The number of hydrogen-bond acceptors (Lipinski definition) is 6. The lowest BCUT2D eigenvalue weighted by molar-refractivity contribution is -0.0218. The molecule has 5 rings (SSSR count). The number of aryl methyl sites for hydroxylation is 1. The lowest BCUT2D eigenvalue weighted by Gasteiger charge is -2.44. The summed E-state index contributed by atoms with van der Waals surface area (Å²) in [4.78, 5) is 28.4.